The number of halogens is 1. The second-order valence-corrected chi connectivity index (χ2v) is 7.63. The molecule has 0 bridgehead atoms. The Morgan fingerprint density at radius 1 is 1.07 bits per heavy atom. The Balaban J connectivity index is 1.83. The van der Waals surface area contributed by atoms with Crippen molar-refractivity contribution in [2.75, 3.05) is 6.54 Å². The summed E-state index contributed by atoms with van der Waals surface area (Å²) in [7, 11) is 0. The van der Waals surface area contributed by atoms with E-state index >= 15 is 0 Å². The van der Waals surface area contributed by atoms with Gasteiger partial charge in [-0.05, 0) is 55.7 Å². The van der Waals surface area contributed by atoms with Crippen molar-refractivity contribution in [3.63, 3.8) is 0 Å². The van der Waals surface area contributed by atoms with Gasteiger partial charge in [-0.25, -0.2) is 4.79 Å². The molecule has 3 N–H and O–H groups in total. The van der Waals surface area contributed by atoms with E-state index in [4.69, 9.17) is 11.6 Å². The zero-order valence-corrected chi connectivity index (χ0v) is 17.2. The van der Waals surface area contributed by atoms with Crippen molar-refractivity contribution in [1.29, 1.82) is 0 Å². The fourth-order valence-corrected chi connectivity index (χ4v) is 2.73. The third-order valence-corrected chi connectivity index (χ3v) is 4.57. The van der Waals surface area contributed by atoms with Crippen molar-refractivity contribution in [2.24, 2.45) is 0 Å². The van der Waals surface area contributed by atoms with Gasteiger partial charge in [0.1, 0.15) is 0 Å². The molecule has 0 aliphatic heterocycles. The van der Waals surface area contributed by atoms with E-state index < -0.39 is 11.6 Å². The van der Waals surface area contributed by atoms with Crippen LogP contribution in [0.1, 0.15) is 37.5 Å². The number of nitrogens with one attached hydrogen (secondary N) is 3. The van der Waals surface area contributed by atoms with E-state index in [2.05, 4.69) is 22.5 Å². The third kappa shape index (κ3) is 6.43. The van der Waals surface area contributed by atoms with E-state index in [1.54, 1.807) is 12.1 Å². The quantitative estimate of drug-likeness (QED) is 0.652. The summed E-state index contributed by atoms with van der Waals surface area (Å²) < 4.78 is 0. The van der Waals surface area contributed by atoms with Gasteiger partial charge in [0.15, 0.2) is 0 Å². The van der Waals surface area contributed by atoms with Crippen LogP contribution in [-0.4, -0.2) is 18.5 Å². The molecular weight excluding hydrogens is 374 g/mol. The van der Waals surface area contributed by atoms with Crippen LogP contribution in [0, 0.1) is 0 Å². The van der Waals surface area contributed by atoms with Crippen LogP contribution in [0.15, 0.2) is 55.1 Å². The summed E-state index contributed by atoms with van der Waals surface area (Å²) in [6, 6.07) is 14.7. The fraction of sp³-hybridized carbons (Fsp3) is 0.273. The molecule has 0 aliphatic rings. The minimum absolute atomic E-state index is 0.110. The van der Waals surface area contributed by atoms with Gasteiger partial charge in [-0.15, -0.1) is 0 Å². The average Bonchev–Trinajstić information content (AvgIpc) is 2.65. The molecule has 5 nitrogen and oxygen atoms in total. The lowest BCUT2D eigenvalue weighted by Gasteiger charge is -2.27. The number of amides is 3. The van der Waals surface area contributed by atoms with Crippen molar-refractivity contribution in [3.05, 3.63) is 76.8 Å². The van der Waals surface area contributed by atoms with Gasteiger partial charge in [0.05, 0.1) is 12.1 Å². The summed E-state index contributed by atoms with van der Waals surface area (Å²) in [6.07, 6.45) is 0. The molecule has 0 saturated heterocycles. The zero-order chi connectivity index (χ0) is 20.7. The van der Waals surface area contributed by atoms with Gasteiger partial charge in [-0.3, -0.25) is 4.79 Å². The van der Waals surface area contributed by atoms with Crippen molar-refractivity contribution < 1.29 is 9.59 Å². The molecule has 28 heavy (non-hydrogen) atoms. The highest BCUT2D eigenvalue weighted by atomic mass is 35.5. The van der Waals surface area contributed by atoms with Gasteiger partial charge in [0.25, 0.3) is 0 Å². The van der Waals surface area contributed by atoms with E-state index in [1.165, 1.54) is 0 Å². The Morgan fingerprint density at radius 3 is 2.39 bits per heavy atom. The van der Waals surface area contributed by atoms with Crippen molar-refractivity contribution in [3.8, 4) is 0 Å². The lowest BCUT2D eigenvalue weighted by atomic mass is 9.92. The van der Waals surface area contributed by atoms with Crippen LogP contribution in [-0.2, 0) is 16.9 Å². The van der Waals surface area contributed by atoms with Crippen LogP contribution in [0.4, 0.5) is 4.79 Å². The van der Waals surface area contributed by atoms with Gasteiger partial charge in [0.2, 0.25) is 5.91 Å². The second kappa shape index (κ2) is 9.42. The predicted octanol–water partition coefficient (Wildman–Crippen LogP) is 4.22. The molecule has 2 aromatic carbocycles. The summed E-state index contributed by atoms with van der Waals surface area (Å²) >= 11 is 5.83. The molecule has 0 unspecified atom stereocenters. The summed E-state index contributed by atoms with van der Waals surface area (Å²) in [5, 5.41) is 8.89. The maximum atomic E-state index is 12.2. The highest BCUT2D eigenvalue weighted by Gasteiger charge is 2.23. The minimum atomic E-state index is -0.602. The molecule has 0 fully saturated rings. The highest BCUT2D eigenvalue weighted by Crippen LogP contribution is 2.23. The number of urea groups is 1. The first kappa shape index (κ1) is 21.5. The van der Waals surface area contributed by atoms with Crippen LogP contribution >= 0.6 is 11.6 Å². The number of rotatable bonds is 7. The van der Waals surface area contributed by atoms with Gasteiger partial charge >= 0.3 is 6.03 Å². The molecule has 6 heteroatoms. The van der Waals surface area contributed by atoms with Crippen LogP contribution in [0.2, 0.25) is 5.02 Å². The van der Waals surface area contributed by atoms with Crippen LogP contribution in [0.5, 0.6) is 0 Å². The Hall–Kier alpha value is -2.79. The average molecular weight is 400 g/mol. The molecule has 0 heterocycles. The maximum Gasteiger partial charge on any atom is 0.315 e. The molecule has 0 aliphatic carbocycles. The van der Waals surface area contributed by atoms with E-state index in [1.807, 2.05) is 57.2 Å². The second-order valence-electron chi connectivity index (χ2n) is 7.20. The van der Waals surface area contributed by atoms with Gasteiger partial charge in [-0.2, -0.15) is 0 Å². The number of hydrogen-bond donors (Lipinski definition) is 3. The molecule has 148 valence electrons. The monoisotopic (exact) mass is 399 g/mol. The molecule has 0 radical (unpaired) electrons. The summed E-state index contributed by atoms with van der Waals surface area (Å²) in [5.41, 5.74) is 3.26. The topological polar surface area (TPSA) is 70.2 Å². The Labute approximate surface area is 171 Å². The first-order valence-corrected chi connectivity index (χ1v) is 9.39. The predicted molar refractivity (Wildman–Crippen MR) is 114 cm³/mol. The number of carbonyl (C=O) groups is 2. The van der Waals surface area contributed by atoms with E-state index in [0.29, 0.717) is 11.6 Å². The minimum Gasteiger partial charge on any atom is -0.350 e. The Morgan fingerprint density at radius 2 is 1.75 bits per heavy atom. The van der Waals surface area contributed by atoms with E-state index in [9.17, 15) is 9.59 Å². The smallest absolute Gasteiger partial charge is 0.315 e. The molecule has 0 aromatic heterocycles. The number of benzene rings is 2. The van der Waals surface area contributed by atoms with E-state index in [-0.39, 0.29) is 12.5 Å². The maximum absolute atomic E-state index is 12.2. The molecule has 2 aromatic rings. The van der Waals surface area contributed by atoms with E-state index in [0.717, 1.165) is 22.3 Å². The Kier molecular flexibility index (Phi) is 7.24. The van der Waals surface area contributed by atoms with Crippen molar-refractivity contribution in [2.45, 2.75) is 32.9 Å². The molecular formula is C22H26ClN3O2. The molecule has 0 saturated carbocycles. The molecule has 0 atom stereocenters. The van der Waals surface area contributed by atoms with Crippen LogP contribution < -0.4 is 16.0 Å². The van der Waals surface area contributed by atoms with Crippen molar-refractivity contribution in [1.82, 2.24) is 16.0 Å². The first-order chi connectivity index (χ1) is 13.2. The van der Waals surface area contributed by atoms with Crippen LogP contribution in [0.3, 0.4) is 0 Å². The third-order valence-electron chi connectivity index (χ3n) is 4.32. The standard InChI is InChI=1S/C22H26ClN3O2/c1-15(2)17-6-5-7-18(12-17)22(3,4)26-21(28)25-14-20(27)24-13-16-8-10-19(23)11-9-16/h5-12H,1,13-14H2,2-4H3,(H,24,27)(H2,25,26,28). The number of hydrogen-bond acceptors (Lipinski definition) is 2. The normalized spacial score (nSPS) is 10.9. The van der Waals surface area contributed by atoms with Crippen LogP contribution in [0.25, 0.3) is 5.57 Å². The lowest BCUT2D eigenvalue weighted by Crippen LogP contribution is -2.48. The highest BCUT2D eigenvalue weighted by molar-refractivity contribution is 6.30. The molecule has 2 rings (SSSR count). The lowest BCUT2D eigenvalue weighted by molar-refractivity contribution is -0.120. The summed E-state index contributed by atoms with van der Waals surface area (Å²) in [6.45, 7) is 9.97. The van der Waals surface area contributed by atoms with Gasteiger partial charge in [0, 0.05) is 11.6 Å². The van der Waals surface area contributed by atoms with Gasteiger partial charge in [-0.1, -0.05) is 54.1 Å². The number of carbonyl (C=O) groups excluding carboxylic acids is 2. The number of allylic oxidation sites excluding steroid dienone is 1. The largest absolute Gasteiger partial charge is 0.350 e. The summed E-state index contributed by atoms with van der Waals surface area (Å²) in [4.78, 5) is 24.2. The Bertz CT molecular complexity index is 860. The fourth-order valence-electron chi connectivity index (χ4n) is 2.60. The molecule has 3 amide bonds. The molecule has 0 spiro atoms. The van der Waals surface area contributed by atoms with Gasteiger partial charge < -0.3 is 16.0 Å². The first-order valence-electron chi connectivity index (χ1n) is 9.01. The zero-order valence-electron chi connectivity index (χ0n) is 16.4. The SMILES string of the molecule is C=C(C)c1cccc(C(C)(C)NC(=O)NCC(=O)NCc2ccc(Cl)cc2)c1. The summed E-state index contributed by atoms with van der Waals surface area (Å²) in [5.74, 6) is -0.271. The van der Waals surface area contributed by atoms with Crippen molar-refractivity contribution >= 4 is 29.1 Å².